The molecule has 0 aromatic heterocycles. The standard InChI is InChI=1S/C5H10N2O/c1-2-8-5(1)3-6-4-7-5/h6-7H,1-4H2. The van der Waals surface area contributed by atoms with Crippen LogP contribution in [0.15, 0.2) is 0 Å². The van der Waals surface area contributed by atoms with Gasteiger partial charge >= 0.3 is 0 Å². The molecule has 2 heterocycles. The number of hydrogen-bond acceptors (Lipinski definition) is 3. The molecule has 2 aliphatic rings. The van der Waals surface area contributed by atoms with Crippen molar-refractivity contribution >= 4 is 0 Å². The van der Waals surface area contributed by atoms with Crippen molar-refractivity contribution in [2.45, 2.75) is 12.1 Å². The molecule has 0 amide bonds. The first-order chi connectivity index (χ1) is 3.91. The van der Waals surface area contributed by atoms with Gasteiger partial charge in [-0.3, -0.25) is 5.32 Å². The molecule has 2 rings (SSSR count). The Bertz CT molecular complexity index is 92.6. The van der Waals surface area contributed by atoms with E-state index in [9.17, 15) is 0 Å². The lowest BCUT2D eigenvalue weighted by Crippen LogP contribution is -2.53. The SMILES string of the molecule is C1NCC2(CCO2)N1. The number of hydrogen-bond donors (Lipinski definition) is 2. The topological polar surface area (TPSA) is 33.3 Å². The Kier molecular flexibility index (Phi) is 0.848. The van der Waals surface area contributed by atoms with E-state index in [1.54, 1.807) is 0 Å². The zero-order chi connectivity index (χ0) is 5.45. The maximum absolute atomic E-state index is 5.31. The van der Waals surface area contributed by atoms with Gasteiger partial charge in [0.2, 0.25) is 0 Å². The second kappa shape index (κ2) is 1.43. The average molecular weight is 114 g/mol. The molecule has 1 spiro atoms. The molecule has 0 bridgehead atoms. The fraction of sp³-hybridized carbons (Fsp3) is 1.00. The van der Waals surface area contributed by atoms with Gasteiger partial charge in [0.25, 0.3) is 0 Å². The van der Waals surface area contributed by atoms with Crippen LogP contribution in [0.1, 0.15) is 6.42 Å². The van der Waals surface area contributed by atoms with E-state index >= 15 is 0 Å². The summed E-state index contributed by atoms with van der Waals surface area (Å²) in [5.41, 5.74) is 0.0556. The summed E-state index contributed by atoms with van der Waals surface area (Å²) >= 11 is 0. The lowest BCUT2D eigenvalue weighted by atomic mass is 10.1. The van der Waals surface area contributed by atoms with Gasteiger partial charge in [-0.25, -0.2) is 0 Å². The van der Waals surface area contributed by atoms with Crippen LogP contribution in [-0.4, -0.2) is 25.5 Å². The van der Waals surface area contributed by atoms with Gasteiger partial charge in [0.1, 0.15) is 5.72 Å². The average Bonchev–Trinajstić information content (AvgIpc) is 2.07. The van der Waals surface area contributed by atoms with E-state index in [2.05, 4.69) is 10.6 Å². The molecule has 8 heavy (non-hydrogen) atoms. The molecule has 3 heteroatoms. The van der Waals surface area contributed by atoms with Crippen molar-refractivity contribution in [1.29, 1.82) is 0 Å². The van der Waals surface area contributed by atoms with E-state index in [1.807, 2.05) is 0 Å². The molecule has 2 saturated heterocycles. The molecule has 2 N–H and O–H groups in total. The van der Waals surface area contributed by atoms with Crippen LogP contribution in [0.5, 0.6) is 0 Å². The van der Waals surface area contributed by atoms with Crippen LogP contribution in [0.25, 0.3) is 0 Å². The van der Waals surface area contributed by atoms with Gasteiger partial charge in [0.05, 0.1) is 6.61 Å². The van der Waals surface area contributed by atoms with Crippen molar-refractivity contribution in [3.8, 4) is 0 Å². The summed E-state index contributed by atoms with van der Waals surface area (Å²) in [6.07, 6.45) is 1.17. The van der Waals surface area contributed by atoms with Crippen LogP contribution >= 0.6 is 0 Å². The largest absolute Gasteiger partial charge is 0.359 e. The van der Waals surface area contributed by atoms with E-state index in [0.29, 0.717) is 0 Å². The molecule has 0 radical (unpaired) electrons. The van der Waals surface area contributed by atoms with Gasteiger partial charge < -0.3 is 10.1 Å². The monoisotopic (exact) mass is 114 g/mol. The van der Waals surface area contributed by atoms with Crippen LogP contribution in [-0.2, 0) is 4.74 Å². The smallest absolute Gasteiger partial charge is 0.134 e. The quantitative estimate of drug-likeness (QED) is 0.435. The highest BCUT2D eigenvalue weighted by atomic mass is 16.5. The van der Waals surface area contributed by atoms with Crippen molar-refractivity contribution in [3.63, 3.8) is 0 Å². The fourth-order valence-corrected chi connectivity index (χ4v) is 1.18. The molecule has 0 aromatic rings. The summed E-state index contributed by atoms with van der Waals surface area (Å²) in [4.78, 5) is 0. The molecule has 2 fully saturated rings. The summed E-state index contributed by atoms with van der Waals surface area (Å²) < 4.78 is 5.31. The number of ether oxygens (including phenoxy) is 1. The minimum atomic E-state index is 0.0556. The lowest BCUT2D eigenvalue weighted by Gasteiger charge is -2.37. The molecule has 46 valence electrons. The van der Waals surface area contributed by atoms with Crippen LogP contribution in [0.3, 0.4) is 0 Å². The summed E-state index contributed by atoms with van der Waals surface area (Å²) in [7, 11) is 0. The first-order valence-electron chi connectivity index (χ1n) is 3.01. The molecular formula is C5H10N2O. The summed E-state index contributed by atoms with van der Waals surface area (Å²) in [5, 5.41) is 6.42. The van der Waals surface area contributed by atoms with Gasteiger partial charge in [-0.05, 0) is 0 Å². The molecular weight excluding hydrogens is 104 g/mol. The van der Waals surface area contributed by atoms with Gasteiger partial charge in [0, 0.05) is 19.6 Å². The second-order valence-electron chi connectivity index (χ2n) is 2.37. The third kappa shape index (κ3) is 0.491. The van der Waals surface area contributed by atoms with Gasteiger partial charge in [0.15, 0.2) is 0 Å². The number of rotatable bonds is 0. The Labute approximate surface area is 48.4 Å². The number of nitrogens with one attached hydrogen (secondary N) is 2. The zero-order valence-electron chi connectivity index (χ0n) is 4.74. The zero-order valence-corrected chi connectivity index (χ0v) is 4.74. The van der Waals surface area contributed by atoms with Crippen molar-refractivity contribution in [2.75, 3.05) is 19.8 Å². The third-order valence-electron chi connectivity index (χ3n) is 1.83. The molecule has 3 nitrogen and oxygen atoms in total. The molecule has 0 aliphatic carbocycles. The van der Waals surface area contributed by atoms with Gasteiger partial charge in [-0.1, -0.05) is 0 Å². The molecule has 0 saturated carbocycles. The second-order valence-corrected chi connectivity index (χ2v) is 2.37. The normalized spacial score (nSPS) is 45.0. The highest BCUT2D eigenvalue weighted by Gasteiger charge is 2.40. The minimum absolute atomic E-state index is 0.0556. The Morgan fingerprint density at radius 2 is 2.38 bits per heavy atom. The highest BCUT2D eigenvalue weighted by molar-refractivity contribution is 4.90. The minimum Gasteiger partial charge on any atom is -0.359 e. The third-order valence-corrected chi connectivity index (χ3v) is 1.83. The Hall–Kier alpha value is -0.120. The Morgan fingerprint density at radius 3 is 2.62 bits per heavy atom. The summed E-state index contributed by atoms with van der Waals surface area (Å²) in [6, 6.07) is 0. The van der Waals surface area contributed by atoms with E-state index in [4.69, 9.17) is 4.74 Å². The van der Waals surface area contributed by atoms with Crippen molar-refractivity contribution in [1.82, 2.24) is 10.6 Å². The van der Waals surface area contributed by atoms with Gasteiger partial charge in [-0.15, -0.1) is 0 Å². The summed E-state index contributed by atoms with van der Waals surface area (Å²) in [6.45, 7) is 2.81. The van der Waals surface area contributed by atoms with Crippen molar-refractivity contribution in [3.05, 3.63) is 0 Å². The maximum atomic E-state index is 5.31. The van der Waals surface area contributed by atoms with Crippen LogP contribution in [0.2, 0.25) is 0 Å². The van der Waals surface area contributed by atoms with E-state index in [0.717, 1.165) is 19.8 Å². The predicted molar refractivity (Wildman–Crippen MR) is 29.3 cm³/mol. The van der Waals surface area contributed by atoms with Crippen LogP contribution in [0, 0.1) is 0 Å². The van der Waals surface area contributed by atoms with Crippen molar-refractivity contribution < 1.29 is 4.74 Å². The maximum Gasteiger partial charge on any atom is 0.134 e. The molecule has 2 aliphatic heterocycles. The molecule has 0 aromatic carbocycles. The fourth-order valence-electron chi connectivity index (χ4n) is 1.18. The first kappa shape index (κ1) is 4.73. The van der Waals surface area contributed by atoms with E-state index in [1.165, 1.54) is 6.42 Å². The van der Waals surface area contributed by atoms with Gasteiger partial charge in [-0.2, -0.15) is 0 Å². The Morgan fingerprint density at radius 1 is 1.50 bits per heavy atom. The highest BCUT2D eigenvalue weighted by Crippen LogP contribution is 2.23. The predicted octanol–water partition coefficient (Wildman–Crippen LogP) is -0.747. The van der Waals surface area contributed by atoms with E-state index < -0.39 is 0 Å². The van der Waals surface area contributed by atoms with Crippen LogP contribution < -0.4 is 10.6 Å². The Balaban J connectivity index is 2.01. The summed E-state index contributed by atoms with van der Waals surface area (Å²) in [5.74, 6) is 0. The molecule has 1 atom stereocenters. The lowest BCUT2D eigenvalue weighted by molar-refractivity contribution is -0.147. The molecule has 1 unspecified atom stereocenters. The van der Waals surface area contributed by atoms with Crippen LogP contribution in [0.4, 0.5) is 0 Å². The first-order valence-corrected chi connectivity index (χ1v) is 3.01. The van der Waals surface area contributed by atoms with E-state index in [-0.39, 0.29) is 5.72 Å². The van der Waals surface area contributed by atoms with Crippen molar-refractivity contribution in [2.24, 2.45) is 0 Å².